The molecule has 0 aliphatic heterocycles. The molecule has 0 spiro atoms. The zero-order valence-corrected chi connectivity index (χ0v) is 12.8. The third-order valence-electron chi connectivity index (χ3n) is 1.50. The standard InChI is InChI=1S/C10H12FO.BrH.Zn/c1-2-7-12-8-9-5-3-4-6-10(9)11;;/h3,5-6H,2,7-8H2,1H3;1H;/q-1;;+2/p-1. The molecular formula is C10H12BrFOZn. The average Bonchev–Trinajstić information content (AvgIpc) is 2.24. The number of halogens is 2. The van der Waals surface area contributed by atoms with Crippen molar-refractivity contribution in [3.8, 4) is 0 Å². The van der Waals surface area contributed by atoms with Crippen molar-refractivity contribution in [3.63, 3.8) is 0 Å². The molecule has 0 radical (unpaired) electrons. The van der Waals surface area contributed by atoms with Gasteiger partial charge in [-0.25, -0.2) is 0 Å². The van der Waals surface area contributed by atoms with Crippen LogP contribution in [0.15, 0.2) is 18.2 Å². The topological polar surface area (TPSA) is 9.23 Å². The summed E-state index contributed by atoms with van der Waals surface area (Å²) in [6.07, 6.45) is 0.959. The molecule has 1 rings (SSSR count). The predicted molar refractivity (Wildman–Crippen MR) is 54.1 cm³/mol. The summed E-state index contributed by atoms with van der Waals surface area (Å²) in [5, 5.41) is 0. The predicted octanol–water partition coefficient (Wildman–Crippen LogP) is 3.40. The molecule has 1 nitrogen and oxygen atoms in total. The van der Waals surface area contributed by atoms with Crippen LogP contribution in [0.2, 0.25) is 0 Å². The van der Waals surface area contributed by atoms with E-state index in [-0.39, 0.29) is 5.82 Å². The molecule has 0 amide bonds. The molecule has 0 heterocycles. The number of ether oxygens (including phenoxy) is 1. The summed E-state index contributed by atoms with van der Waals surface area (Å²) in [5.74, 6) is -0.242. The van der Waals surface area contributed by atoms with Crippen molar-refractivity contribution < 1.29 is 25.5 Å². The fourth-order valence-electron chi connectivity index (χ4n) is 0.886. The summed E-state index contributed by atoms with van der Waals surface area (Å²) in [4.78, 5) is 0. The van der Waals surface area contributed by atoms with Gasteiger partial charge < -0.3 is 4.74 Å². The van der Waals surface area contributed by atoms with E-state index in [1.165, 1.54) is 22.4 Å². The molecule has 0 atom stereocenters. The van der Waals surface area contributed by atoms with Crippen molar-refractivity contribution in [1.82, 2.24) is 0 Å². The molecule has 1 aromatic carbocycles. The van der Waals surface area contributed by atoms with Crippen LogP contribution in [-0.4, -0.2) is 6.61 Å². The second-order valence-electron chi connectivity index (χ2n) is 2.57. The van der Waals surface area contributed by atoms with Crippen LogP contribution in [0.4, 0.5) is 4.39 Å². The van der Waals surface area contributed by atoms with Crippen molar-refractivity contribution in [3.05, 3.63) is 35.6 Å². The van der Waals surface area contributed by atoms with Crippen LogP contribution in [-0.2, 0) is 27.7 Å². The van der Waals surface area contributed by atoms with E-state index in [1.54, 1.807) is 12.1 Å². The maximum absolute atomic E-state index is 12.9. The molecule has 0 N–H and O–H groups in total. The van der Waals surface area contributed by atoms with Crippen LogP contribution in [0.5, 0.6) is 0 Å². The fourth-order valence-corrected chi connectivity index (χ4v) is 0.886. The Balaban J connectivity index is 0.000000791. The summed E-state index contributed by atoms with van der Waals surface area (Å²) in [6.45, 7) is 3.06. The van der Waals surface area contributed by atoms with Crippen LogP contribution < -0.4 is 0 Å². The molecule has 0 fully saturated rings. The molecule has 74 valence electrons. The maximum atomic E-state index is 12.9. The van der Waals surface area contributed by atoms with Gasteiger partial charge in [0.25, 0.3) is 0 Å². The average molecular weight is 312 g/mol. The summed E-state index contributed by atoms with van der Waals surface area (Å²) in [7, 11) is 0. The van der Waals surface area contributed by atoms with Gasteiger partial charge in [-0.15, -0.1) is 6.07 Å². The van der Waals surface area contributed by atoms with Gasteiger partial charge in [-0.2, -0.15) is 18.2 Å². The third-order valence-corrected chi connectivity index (χ3v) is 1.50. The summed E-state index contributed by atoms with van der Waals surface area (Å²) in [5.41, 5.74) is 0.599. The zero-order chi connectivity index (χ0) is 10.8. The van der Waals surface area contributed by atoms with E-state index in [4.69, 9.17) is 4.74 Å². The molecule has 4 heteroatoms. The first-order valence-electron chi connectivity index (χ1n) is 4.33. The Morgan fingerprint density at radius 2 is 2.29 bits per heavy atom. The Labute approximate surface area is 101 Å². The molecule has 14 heavy (non-hydrogen) atoms. The van der Waals surface area contributed by atoms with Crippen LogP contribution in [0.1, 0.15) is 18.9 Å². The van der Waals surface area contributed by atoms with E-state index < -0.39 is 0 Å². The number of hydrogen-bond donors (Lipinski definition) is 0. The van der Waals surface area contributed by atoms with Gasteiger partial charge in [-0.05, 0) is 6.42 Å². The Hall–Kier alpha value is 0.213. The van der Waals surface area contributed by atoms with E-state index in [0.717, 1.165) is 6.42 Å². The van der Waals surface area contributed by atoms with Gasteiger partial charge in [-0.3, -0.25) is 4.39 Å². The minimum atomic E-state index is -0.242. The Morgan fingerprint density at radius 3 is 2.86 bits per heavy atom. The van der Waals surface area contributed by atoms with Crippen molar-refractivity contribution >= 4 is 13.6 Å². The summed E-state index contributed by atoms with van der Waals surface area (Å²) >= 11 is 4.25. The molecule has 0 aromatic heterocycles. The van der Waals surface area contributed by atoms with Crippen LogP contribution in [0, 0.1) is 11.9 Å². The molecule has 0 saturated carbocycles. The molecule has 0 aliphatic rings. The zero-order valence-electron chi connectivity index (χ0n) is 8.22. The van der Waals surface area contributed by atoms with Gasteiger partial charge in [0, 0.05) is 12.4 Å². The van der Waals surface area contributed by atoms with Gasteiger partial charge in [-0.1, -0.05) is 12.5 Å². The molecule has 0 unspecified atom stereocenters. The van der Waals surface area contributed by atoms with Crippen molar-refractivity contribution in [2.24, 2.45) is 0 Å². The Kier molecular flexibility index (Phi) is 9.91. The van der Waals surface area contributed by atoms with Gasteiger partial charge in [0.2, 0.25) is 0 Å². The summed E-state index contributed by atoms with van der Waals surface area (Å²) < 4.78 is 18.1. The van der Waals surface area contributed by atoms with Gasteiger partial charge in [0.15, 0.2) is 0 Å². The van der Waals surface area contributed by atoms with Gasteiger partial charge >= 0.3 is 30.0 Å². The van der Waals surface area contributed by atoms with E-state index in [1.807, 2.05) is 6.92 Å². The SMILES string of the molecule is CCCOCc1cc[c-]cc1F.[Zn+][Br]. The fraction of sp³-hybridized carbons (Fsp3) is 0.400. The van der Waals surface area contributed by atoms with Crippen molar-refractivity contribution in [2.75, 3.05) is 6.61 Å². The van der Waals surface area contributed by atoms with E-state index in [2.05, 4.69) is 19.7 Å². The van der Waals surface area contributed by atoms with Crippen molar-refractivity contribution in [1.29, 1.82) is 0 Å². The first-order valence-corrected chi connectivity index (χ1v) is 11.3. The molecule has 1 aromatic rings. The van der Waals surface area contributed by atoms with Crippen LogP contribution in [0.25, 0.3) is 0 Å². The molecule has 0 aliphatic carbocycles. The number of benzene rings is 1. The number of hydrogen-bond acceptors (Lipinski definition) is 1. The van der Waals surface area contributed by atoms with E-state index >= 15 is 0 Å². The van der Waals surface area contributed by atoms with E-state index in [9.17, 15) is 4.39 Å². The molecule has 0 bridgehead atoms. The van der Waals surface area contributed by atoms with Crippen LogP contribution >= 0.6 is 13.6 Å². The normalized spacial score (nSPS) is 9.21. The molecule has 0 saturated heterocycles. The third kappa shape index (κ3) is 5.84. The molecular weight excluding hydrogens is 300 g/mol. The minimum absolute atomic E-state index is 0.242. The van der Waals surface area contributed by atoms with Gasteiger partial charge in [0.05, 0.1) is 6.61 Å². The summed E-state index contributed by atoms with van der Waals surface area (Å²) in [6, 6.07) is 7.36. The van der Waals surface area contributed by atoms with Crippen LogP contribution in [0.3, 0.4) is 0 Å². The first-order chi connectivity index (χ1) is 6.84. The second kappa shape index (κ2) is 9.76. The monoisotopic (exact) mass is 310 g/mol. The Bertz CT molecular complexity index is 245. The Morgan fingerprint density at radius 1 is 1.57 bits per heavy atom. The van der Waals surface area contributed by atoms with Crippen molar-refractivity contribution in [2.45, 2.75) is 20.0 Å². The first kappa shape index (κ1) is 14.2. The second-order valence-corrected chi connectivity index (χ2v) is 2.57. The van der Waals surface area contributed by atoms with Gasteiger partial charge in [0.1, 0.15) is 0 Å². The number of rotatable bonds is 4. The van der Waals surface area contributed by atoms with E-state index in [0.29, 0.717) is 18.8 Å². The quantitative estimate of drug-likeness (QED) is 0.470.